The molecular weight excluding hydrogens is 328 g/mol. The van der Waals surface area contributed by atoms with Gasteiger partial charge in [0, 0.05) is 50.1 Å². The van der Waals surface area contributed by atoms with Gasteiger partial charge in [-0.05, 0) is 37.3 Å². The summed E-state index contributed by atoms with van der Waals surface area (Å²) in [6, 6.07) is 15.3. The number of phenols is 1. The standard InChI is InChI=1S/C20H26N4O2/c1-15(22-19-8-7-17(25)13-18(19)20(21)26)14-23-9-11-24(12-10-23)16-5-3-2-4-6-16/h2-8,13,15,22,25H,9-12,14H2,1H3,(H2,21,26). The van der Waals surface area contributed by atoms with Crippen LogP contribution in [0.3, 0.4) is 0 Å². The molecule has 1 amide bonds. The number of para-hydroxylation sites is 1. The minimum Gasteiger partial charge on any atom is -0.508 e. The number of hydrogen-bond donors (Lipinski definition) is 3. The average Bonchev–Trinajstić information content (AvgIpc) is 2.64. The van der Waals surface area contributed by atoms with Crippen molar-refractivity contribution in [1.82, 2.24) is 4.90 Å². The van der Waals surface area contributed by atoms with Crippen LogP contribution in [0, 0.1) is 0 Å². The van der Waals surface area contributed by atoms with Gasteiger partial charge in [-0.1, -0.05) is 18.2 Å². The molecule has 6 nitrogen and oxygen atoms in total. The summed E-state index contributed by atoms with van der Waals surface area (Å²) in [5, 5.41) is 12.9. The van der Waals surface area contributed by atoms with Crippen LogP contribution in [0.25, 0.3) is 0 Å². The molecule has 4 N–H and O–H groups in total. The highest BCUT2D eigenvalue weighted by Gasteiger charge is 2.19. The summed E-state index contributed by atoms with van der Waals surface area (Å²) in [5.74, 6) is -0.513. The summed E-state index contributed by atoms with van der Waals surface area (Å²) in [6.07, 6.45) is 0. The minimum absolute atomic E-state index is 0.0361. The number of amides is 1. The van der Waals surface area contributed by atoms with E-state index in [1.165, 1.54) is 11.8 Å². The van der Waals surface area contributed by atoms with Gasteiger partial charge in [0.15, 0.2) is 0 Å². The first-order valence-electron chi connectivity index (χ1n) is 8.94. The van der Waals surface area contributed by atoms with Crippen molar-refractivity contribution in [1.29, 1.82) is 0 Å². The van der Waals surface area contributed by atoms with E-state index in [1.54, 1.807) is 12.1 Å². The SMILES string of the molecule is CC(CN1CCN(c2ccccc2)CC1)Nc1ccc(O)cc1C(N)=O. The predicted molar refractivity (Wildman–Crippen MR) is 105 cm³/mol. The smallest absolute Gasteiger partial charge is 0.250 e. The summed E-state index contributed by atoms with van der Waals surface area (Å²) in [7, 11) is 0. The van der Waals surface area contributed by atoms with E-state index < -0.39 is 5.91 Å². The van der Waals surface area contributed by atoms with Crippen LogP contribution in [0.5, 0.6) is 5.75 Å². The first-order chi connectivity index (χ1) is 12.5. The molecule has 1 aliphatic heterocycles. The molecule has 0 aliphatic carbocycles. The number of nitrogens with two attached hydrogens (primary N) is 1. The first-order valence-corrected chi connectivity index (χ1v) is 8.94. The monoisotopic (exact) mass is 354 g/mol. The van der Waals surface area contributed by atoms with Crippen LogP contribution in [-0.2, 0) is 0 Å². The van der Waals surface area contributed by atoms with E-state index in [4.69, 9.17) is 5.73 Å². The highest BCUT2D eigenvalue weighted by Crippen LogP contribution is 2.22. The average molecular weight is 354 g/mol. The lowest BCUT2D eigenvalue weighted by Gasteiger charge is -2.37. The van der Waals surface area contributed by atoms with Crippen LogP contribution in [0.2, 0.25) is 0 Å². The van der Waals surface area contributed by atoms with Gasteiger partial charge in [0.2, 0.25) is 0 Å². The second-order valence-electron chi connectivity index (χ2n) is 6.76. The Labute approximate surface area is 154 Å². The van der Waals surface area contributed by atoms with Gasteiger partial charge < -0.3 is 21.1 Å². The Balaban J connectivity index is 1.54. The normalized spacial score (nSPS) is 16.3. The number of hydrogen-bond acceptors (Lipinski definition) is 5. The number of anilines is 2. The summed E-state index contributed by atoms with van der Waals surface area (Å²) in [6.45, 7) is 6.96. The lowest BCUT2D eigenvalue weighted by atomic mass is 10.1. The maximum absolute atomic E-state index is 11.6. The van der Waals surface area contributed by atoms with Crippen LogP contribution >= 0.6 is 0 Å². The van der Waals surface area contributed by atoms with Crippen molar-refractivity contribution in [3.05, 3.63) is 54.1 Å². The number of nitrogens with one attached hydrogen (secondary N) is 1. The molecule has 0 bridgehead atoms. The summed E-state index contributed by atoms with van der Waals surface area (Å²) in [4.78, 5) is 16.4. The van der Waals surface area contributed by atoms with E-state index in [0.717, 1.165) is 32.7 Å². The van der Waals surface area contributed by atoms with Crippen LogP contribution in [-0.4, -0.2) is 54.7 Å². The summed E-state index contributed by atoms with van der Waals surface area (Å²) >= 11 is 0. The van der Waals surface area contributed by atoms with E-state index in [-0.39, 0.29) is 11.8 Å². The molecule has 138 valence electrons. The molecule has 1 atom stereocenters. The molecule has 6 heteroatoms. The third-order valence-electron chi connectivity index (χ3n) is 4.70. The molecular formula is C20H26N4O2. The fourth-order valence-electron chi connectivity index (χ4n) is 3.39. The number of carbonyl (C=O) groups is 1. The van der Waals surface area contributed by atoms with Gasteiger partial charge in [-0.3, -0.25) is 9.69 Å². The minimum atomic E-state index is -0.549. The second-order valence-corrected chi connectivity index (χ2v) is 6.76. The molecule has 3 rings (SSSR count). The van der Waals surface area contributed by atoms with Crippen LogP contribution < -0.4 is 16.0 Å². The van der Waals surface area contributed by atoms with Gasteiger partial charge in [0.25, 0.3) is 5.91 Å². The Morgan fingerprint density at radius 2 is 1.85 bits per heavy atom. The Bertz CT molecular complexity index is 743. The zero-order chi connectivity index (χ0) is 18.5. The molecule has 0 spiro atoms. The topological polar surface area (TPSA) is 81.8 Å². The number of nitrogens with zero attached hydrogens (tertiary/aromatic N) is 2. The highest BCUT2D eigenvalue weighted by molar-refractivity contribution is 5.98. The van der Waals surface area contributed by atoms with Gasteiger partial charge >= 0.3 is 0 Å². The Morgan fingerprint density at radius 3 is 2.50 bits per heavy atom. The molecule has 1 heterocycles. The van der Waals surface area contributed by atoms with Crippen molar-refractivity contribution < 1.29 is 9.90 Å². The van der Waals surface area contributed by atoms with Crippen LogP contribution in [0.15, 0.2) is 48.5 Å². The number of phenolic OH excluding ortho intramolecular Hbond substituents is 1. The second kappa shape index (κ2) is 8.10. The van der Waals surface area contributed by atoms with Crippen LogP contribution in [0.1, 0.15) is 17.3 Å². The fraction of sp³-hybridized carbons (Fsp3) is 0.350. The number of carbonyl (C=O) groups excluding carboxylic acids is 1. The molecule has 0 radical (unpaired) electrons. The number of benzene rings is 2. The zero-order valence-electron chi connectivity index (χ0n) is 15.1. The third-order valence-corrected chi connectivity index (χ3v) is 4.70. The molecule has 0 aromatic heterocycles. The number of primary amides is 1. The van der Waals surface area contributed by atoms with Crippen molar-refractivity contribution in [2.45, 2.75) is 13.0 Å². The van der Waals surface area contributed by atoms with Crippen molar-refractivity contribution in [2.24, 2.45) is 5.73 Å². The van der Waals surface area contributed by atoms with E-state index in [9.17, 15) is 9.90 Å². The molecule has 1 aliphatic rings. The van der Waals surface area contributed by atoms with Gasteiger partial charge in [-0.25, -0.2) is 0 Å². The zero-order valence-corrected chi connectivity index (χ0v) is 15.1. The van der Waals surface area contributed by atoms with Gasteiger partial charge in [-0.2, -0.15) is 0 Å². The van der Waals surface area contributed by atoms with E-state index in [0.29, 0.717) is 11.3 Å². The maximum Gasteiger partial charge on any atom is 0.250 e. The molecule has 1 unspecified atom stereocenters. The van der Waals surface area contributed by atoms with Gasteiger partial charge in [0.05, 0.1) is 5.56 Å². The Kier molecular flexibility index (Phi) is 5.63. The largest absolute Gasteiger partial charge is 0.508 e. The number of aromatic hydroxyl groups is 1. The van der Waals surface area contributed by atoms with Crippen molar-refractivity contribution in [3.63, 3.8) is 0 Å². The van der Waals surface area contributed by atoms with Crippen LogP contribution in [0.4, 0.5) is 11.4 Å². The summed E-state index contributed by atoms with van der Waals surface area (Å²) < 4.78 is 0. The van der Waals surface area contributed by atoms with E-state index in [1.807, 2.05) is 6.07 Å². The molecule has 2 aromatic rings. The Morgan fingerprint density at radius 1 is 1.15 bits per heavy atom. The lowest BCUT2D eigenvalue weighted by Crippen LogP contribution is -2.49. The van der Waals surface area contributed by atoms with E-state index in [2.05, 4.69) is 46.3 Å². The molecule has 2 aromatic carbocycles. The third kappa shape index (κ3) is 4.46. The quantitative estimate of drug-likeness (QED) is 0.692. The van der Waals surface area contributed by atoms with Gasteiger partial charge in [0.1, 0.15) is 5.75 Å². The molecule has 26 heavy (non-hydrogen) atoms. The Hall–Kier alpha value is -2.73. The lowest BCUT2D eigenvalue weighted by molar-refractivity contribution is 0.100. The highest BCUT2D eigenvalue weighted by atomic mass is 16.3. The van der Waals surface area contributed by atoms with Gasteiger partial charge in [-0.15, -0.1) is 0 Å². The summed E-state index contributed by atoms with van der Waals surface area (Å²) in [5.41, 5.74) is 7.65. The molecule has 0 saturated carbocycles. The van der Waals surface area contributed by atoms with Crippen molar-refractivity contribution in [3.8, 4) is 5.75 Å². The maximum atomic E-state index is 11.6. The first kappa shape index (κ1) is 18.1. The molecule has 1 fully saturated rings. The fourth-order valence-corrected chi connectivity index (χ4v) is 3.39. The predicted octanol–water partition coefficient (Wildman–Crippen LogP) is 2.11. The number of piperazine rings is 1. The number of rotatable bonds is 6. The van der Waals surface area contributed by atoms with Crippen molar-refractivity contribution >= 4 is 17.3 Å². The van der Waals surface area contributed by atoms with E-state index >= 15 is 0 Å². The van der Waals surface area contributed by atoms with Crippen molar-refractivity contribution in [2.75, 3.05) is 42.9 Å². The molecule has 1 saturated heterocycles.